The SMILES string of the molecule is C=C[C@]1(C)CC[C@H]2C(=C[C@H]3OC(=O)[C@]4(C)[C@H]3[C@]23CC[C@]4(O)OC3)C1. The molecule has 4 nitrogen and oxygen atoms in total. The molecular formula is C20H26O4. The van der Waals surface area contributed by atoms with Crippen LogP contribution < -0.4 is 0 Å². The lowest BCUT2D eigenvalue weighted by molar-refractivity contribution is -0.367. The smallest absolute Gasteiger partial charge is 0.318 e. The summed E-state index contributed by atoms with van der Waals surface area (Å²) >= 11 is 0. The molecule has 3 aliphatic heterocycles. The van der Waals surface area contributed by atoms with Crippen LogP contribution in [0.2, 0.25) is 0 Å². The van der Waals surface area contributed by atoms with Gasteiger partial charge in [-0.25, -0.2) is 0 Å². The van der Waals surface area contributed by atoms with E-state index in [1.807, 2.05) is 6.92 Å². The molecule has 6 aliphatic rings. The molecule has 0 aromatic heterocycles. The molecule has 3 saturated heterocycles. The maximum Gasteiger partial charge on any atom is 0.318 e. The van der Waals surface area contributed by atoms with Crippen LogP contribution in [0.25, 0.3) is 0 Å². The average molecular weight is 330 g/mol. The van der Waals surface area contributed by atoms with E-state index in [0.717, 1.165) is 25.7 Å². The second-order valence-electron chi connectivity index (χ2n) is 9.22. The number of allylic oxidation sites excluding steroid dienone is 2. The van der Waals surface area contributed by atoms with Gasteiger partial charge in [-0.15, -0.1) is 6.58 Å². The largest absolute Gasteiger partial charge is 0.457 e. The molecule has 7 atom stereocenters. The van der Waals surface area contributed by atoms with Crippen LogP contribution in [0.15, 0.2) is 24.3 Å². The lowest BCUT2D eigenvalue weighted by Crippen LogP contribution is -2.71. The fraction of sp³-hybridized carbons (Fsp3) is 0.750. The first-order valence-corrected chi connectivity index (χ1v) is 9.20. The zero-order valence-electron chi connectivity index (χ0n) is 14.5. The van der Waals surface area contributed by atoms with Crippen LogP contribution in [-0.4, -0.2) is 29.6 Å². The van der Waals surface area contributed by atoms with E-state index in [1.54, 1.807) is 0 Å². The van der Waals surface area contributed by atoms with E-state index >= 15 is 0 Å². The normalized spacial score (nSPS) is 57.7. The Balaban J connectivity index is 1.67. The number of ether oxygens (including phenoxy) is 2. The summed E-state index contributed by atoms with van der Waals surface area (Å²) in [6.07, 6.45) is 8.73. The highest BCUT2D eigenvalue weighted by atomic mass is 16.6. The van der Waals surface area contributed by atoms with Gasteiger partial charge in [-0.1, -0.05) is 18.6 Å². The van der Waals surface area contributed by atoms with E-state index in [9.17, 15) is 9.90 Å². The number of carbonyl (C=O) groups is 1. The molecule has 6 rings (SSSR count). The molecule has 4 heteroatoms. The third-order valence-electron chi connectivity index (χ3n) is 8.18. The van der Waals surface area contributed by atoms with Crippen molar-refractivity contribution in [3.8, 4) is 0 Å². The summed E-state index contributed by atoms with van der Waals surface area (Å²) < 4.78 is 11.8. The van der Waals surface area contributed by atoms with Crippen molar-refractivity contribution in [3.63, 3.8) is 0 Å². The number of esters is 1. The molecule has 0 amide bonds. The molecule has 2 bridgehead atoms. The van der Waals surface area contributed by atoms with E-state index in [0.29, 0.717) is 18.9 Å². The van der Waals surface area contributed by atoms with Crippen LogP contribution in [-0.2, 0) is 14.3 Å². The number of carbonyl (C=O) groups excluding carboxylic acids is 1. The fourth-order valence-corrected chi connectivity index (χ4v) is 6.71. The number of hydrogen-bond acceptors (Lipinski definition) is 4. The Hall–Kier alpha value is -1.13. The number of rotatable bonds is 1. The van der Waals surface area contributed by atoms with E-state index < -0.39 is 11.2 Å². The van der Waals surface area contributed by atoms with E-state index in [1.165, 1.54) is 5.57 Å². The minimum absolute atomic E-state index is 0.0341. The highest BCUT2D eigenvalue weighted by Crippen LogP contribution is 2.71. The zero-order chi connectivity index (χ0) is 17.0. The van der Waals surface area contributed by atoms with Gasteiger partial charge in [0, 0.05) is 17.8 Å². The van der Waals surface area contributed by atoms with Crippen LogP contribution in [0.4, 0.5) is 0 Å². The van der Waals surface area contributed by atoms with Gasteiger partial charge in [0.1, 0.15) is 11.5 Å². The van der Waals surface area contributed by atoms with Crippen molar-refractivity contribution in [1.29, 1.82) is 0 Å². The van der Waals surface area contributed by atoms with Crippen LogP contribution >= 0.6 is 0 Å². The van der Waals surface area contributed by atoms with Gasteiger partial charge >= 0.3 is 5.97 Å². The summed E-state index contributed by atoms with van der Waals surface area (Å²) in [5.74, 6) is -1.18. The van der Waals surface area contributed by atoms with Crippen molar-refractivity contribution in [2.45, 2.75) is 57.8 Å². The molecule has 5 fully saturated rings. The van der Waals surface area contributed by atoms with Gasteiger partial charge in [-0.3, -0.25) is 4.79 Å². The van der Waals surface area contributed by atoms with Gasteiger partial charge < -0.3 is 14.6 Å². The van der Waals surface area contributed by atoms with Gasteiger partial charge in [0.15, 0.2) is 5.79 Å². The average Bonchev–Trinajstić information content (AvgIpc) is 2.83. The third kappa shape index (κ3) is 1.43. The molecule has 1 N–H and O–H groups in total. The fourth-order valence-electron chi connectivity index (χ4n) is 6.71. The number of aliphatic hydroxyl groups is 1. The van der Waals surface area contributed by atoms with E-state index in [2.05, 4.69) is 25.7 Å². The molecule has 130 valence electrons. The van der Waals surface area contributed by atoms with Crippen molar-refractivity contribution in [3.05, 3.63) is 24.3 Å². The van der Waals surface area contributed by atoms with Gasteiger partial charge in [0.2, 0.25) is 0 Å². The van der Waals surface area contributed by atoms with Crippen LogP contribution in [0.1, 0.15) is 46.0 Å². The second kappa shape index (κ2) is 4.16. The topological polar surface area (TPSA) is 55.8 Å². The highest BCUT2D eigenvalue weighted by molar-refractivity contribution is 5.82. The van der Waals surface area contributed by atoms with Crippen LogP contribution in [0, 0.1) is 28.1 Å². The molecule has 0 radical (unpaired) electrons. The Morgan fingerprint density at radius 2 is 2.12 bits per heavy atom. The van der Waals surface area contributed by atoms with Crippen molar-refractivity contribution >= 4 is 5.97 Å². The number of hydrogen-bond donors (Lipinski definition) is 1. The lowest BCUT2D eigenvalue weighted by Gasteiger charge is -2.65. The Morgan fingerprint density at radius 1 is 1.33 bits per heavy atom. The first-order chi connectivity index (χ1) is 11.3. The number of fused-ring (bicyclic) bond motifs is 3. The molecule has 1 spiro atoms. The first-order valence-electron chi connectivity index (χ1n) is 9.20. The molecule has 0 unspecified atom stereocenters. The van der Waals surface area contributed by atoms with Crippen LogP contribution in [0.3, 0.4) is 0 Å². The zero-order valence-corrected chi connectivity index (χ0v) is 14.5. The standard InChI is InChI=1S/C20H26O4/c1-4-17(2)6-5-13-12(10-17)9-14-15-18(3,16(21)24-14)20(22)8-7-19(13,15)11-23-20/h4,9,13-15,22H,1,5-8,10-11H2,2-3H3/t13-,14+,15-,17+,18-,19-,20-/m0/s1. The summed E-state index contributed by atoms with van der Waals surface area (Å²) in [4.78, 5) is 12.7. The van der Waals surface area contributed by atoms with Crippen molar-refractivity contribution in [1.82, 2.24) is 0 Å². The molecule has 0 aromatic carbocycles. The van der Waals surface area contributed by atoms with E-state index in [-0.39, 0.29) is 28.8 Å². The summed E-state index contributed by atoms with van der Waals surface area (Å²) in [5, 5.41) is 11.0. The van der Waals surface area contributed by atoms with Gasteiger partial charge in [0.05, 0.1) is 6.61 Å². The van der Waals surface area contributed by atoms with Crippen molar-refractivity contribution < 1.29 is 19.4 Å². The molecule has 3 aliphatic carbocycles. The lowest BCUT2D eigenvalue weighted by atomic mass is 9.42. The van der Waals surface area contributed by atoms with Gasteiger partial charge in [-0.2, -0.15) is 0 Å². The predicted octanol–water partition coefficient (Wildman–Crippen LogP) is 2.97. The summed E-state index contributed by atoms with van der Waals surface area (Å²) in [6, 6.07) is 0. The van der Waals surface area contributed by atoms with Crippen LogP contribution in [0.5, 0.6) is 0 Å². The highest BCUT2D eigenvalue weighted by Gasteiger charge is 2.78. The Bertz CT molecular complexity index is 671. The maximum absolute atomic E-state index is 12.7. The molecule has 3 heterocycles. The van der Waals surface area contributed by atoms with Crippen molar-refractivity contribution in [2.24, 2.45) is 28.1 Å². The Labute approximate surface area is 142 Å². The monoisotopic (exact) mass is 330 g/mol. The minimum Gasteiger partial charge on any atom is -0.457 e. The quantitative estimate of drug-likeness (QED) is 0.593. The van der Waals surface area contributed by atoms with Crippen molar-refractivity contribution in [2.75, 3.05) is 6.61 Å². The molecule has 2 saturated carbocycles. The molecule has 24 heavy (non-hydrogen) atoms. The Kier molecular flexibility index (Phi) is 2.62. The first kappa shape index (κ1) is 15.2. The summed E-state index contributed by atoms with van der Waals surface area (Å²) in [7, 11) is 0. The molecule has 0 aromatic rings. The Morgan fingerprint density at radius 3 is 2.79 bits per heavy atom. The van der Waals surface area contributed by atoms with Gasteiger partial charge in [-0.05, 0) is 50.0 Å². The third-order valence-corrected chi connectivity index (χ3v) is 8.18. The van der Waals surface area contributed by atoms with Gasteiger partial charge in [0.25, 0.3) is 0 Å². The predicted molar refractivity (Wildman–Crippen MR) is 87.8 cm³/mol. The maximum atomic E-state index is 12.7. The van der Waals surface area contributed by atoms with E-state index in [4.69, 9.17) is 9.47 Å². The summed E-state index contributed by atoms with van der Waals surface area (Å²) in [5.41, 5.74) is 0.540. The summed E-state index contributed by atoms with van der Waals surface area (Å²) in [6.45, 7) is 8.71. The second-order valence-corrected chi connectivity index (χ2v) is 9.22. The minimum atomic E-state index is -1.36. The molecular weight excluding hydrogens is 304 g/mol.